The summed E-state index contributed by atoms with van der Waals surface area (Å²) in [6.45, 7) is 0. The van der Waals surface area contributed by atoms with E-state index in [-0.39, 0.29) is 5.69 Å². The van der Waals surface area contributed by atoms with Gasteiger partial charge in [-0.15, -0.1) is 11.3 Å². The van der Waals surface area contributed by atoms with Crippen molar-refractivity contribution in [1.82, 2.24) is 4.98 Å². The van der Waals surface area contributed by atoms with E-state index in [9.17, 15) is 10.1 Å². The summed E-state index contributed by atoms with van der Waals surface area (Å²) in [5.41, 5.74) is 1.74. The Hall–Kier alpha value is -2.73. The summed E-state index contributed by atoms with van der Waals surface area (Å²) in [5.74, 6) is 0.810. The molecule has 3 rings (SSSR count). The summed E-state index contributed by atoms with van der Waals surface area (Å²) >= 11 is 1.50. The van der Waals surface area contributed by atoms with E-state index in [0.29, 0.717) is 5.52 Å². The first-order valence-electron chi connectivity index (χ1n) is 6.53. The predicted molar refractivity (Wildman–Crippen MR) is 88.2 cm³/mol. The molecule has 0 saturated carbocycles. The molecule has 6 heteroatoms. The van der Waals surface area contributed by atoms with Crippen molar-refractivity contribution < 1.29 is 9.66 Å². The zero-order valence-electron chi connectivity index (χ0n) is 11.7. The maximum Gasteiger partial charge on any atom is 0.271 e. The number of nitro benzene ring substituents is 1. The average molecular weight is 312 g/mol. The van der Waals surface area contributed by atoms with E-state index in [0.717, 1.165) is 21.0 Å². The molecule has 0 fully saturated rings. The molecule has 1 aromatic heterocycles. The van der Waals surface area contributed by atoms with E-state index in [1.807, 2.05) is 36.4 Å². The summed E-state index contributed by atoms with van der Waals surface area (Å²) < 4.78 is 6.04. The van der Waals surface area contributed by atoms with E-state index in [1.165, 1.54) is 23.5 Å². The predicted octanol–water partition coefficient (Wildman–Crippen LogP) is 4.38. The summed E-state index contributed by atoms with van der Waals surface area (Å²) in [6.07, 6.45) is 3.85. The Balaban J connectivity index is 1.86. The fourth-order valence-corrected chi connectivity index (χ4v) is 2.85. The van der Waals surface area contributed by atoms with Crippen molar-refractivity contribution in [3.05, 3.63) is 63.1 Å². The van der Waals surface area contributed by atoms with Crippen LogP contribution in [-0.4, -0.2) is 17.0 Å². The number of nitro groups is 1. The van der Waals surface area contributed by atoms with Crippen LogP contribution in [-0.2, 0) is 0 Å². The van der Waals surface area contributed by atoms with Gasteiger partial charge in [-0.25, -0.2) is 4.98 Å². The van der Waals surface area contributed by atoms with Crippen LogP contribution in [0.25, 0.3) is 22.4 Å². The molecule has 0 unspecified atom stereocenters. The highest BCUT2D eigenvalue weighted by Gasteiger charge is 2.09. The van der Waals surface area contributed by atoms with E-state index in [4.69, 9.17) is 4.74 Å². The summed E-state index contributed by atoms with van der Waals surface area (Å²) in [4.78, 5) is 14.8. The standard InChI is InChI=1S/C16H12N2O3S/c1-21-13-6-2-11(3-7-13)4-9-16-17-14-10-12(18(19)20)5-8-15(14)22-16/h2-10H,1H3. The average Bonchev–Trinajstić information content (AvgIpc) is 2.95. The monoisotopic (exact) mass is 312 g/mol. The molecule has 5 nitrogen and oxygen atoms in total. The Kier molecular flexibility index (Phi) is 3.84. The maximum atomic E-state index is 10.8. The minimum Gasteiger partial charge on any atom is -0.497 e. The molecule has 2 aromatic carbocycles. The van der Waals surface area contributed by atoms with Gasteiger partial charge in [-0.1, -0.05) is 18.2 Å². The number of ether oxygens (including phenoxy) is 1. The van der Waals surface area contributed by atoms with Gasteiger partial charge in [0.2, 0.25) is 0 Å². The lowest BCUT2D eigenvalue weighted by Gasteiger charge is -1.98. The van der Waals surface area contributed by atoms with Crippen LogP contribution in [0.4, 0.5) is 5.69 Å². The first kappa shape index (κ1) is 14.2. The zero-order valence-corrected chi connectivity index (χ0v) is 12.5. The molecule has 110 valence electrons. The Bertz CT molecular complexity index is 853. The van der Waals surface area contributed by atoms with Crippen LogP contribution in [0.3, 0.4) is 0 Å². The van der Waals surface area contributed by atoms with Gasteiger partial charge in [-0.05, 0) is 29.8 Å². The fourth-order valence-electron chi connectivity index (χ4n) is 2.00. The molecule has 0 saturated heterocycles. The first-order chi connectivity index (χ1) is 10.7. The molecule has 0 bridgehead atoms. The molecule has 0 atom stereocenters. The van der Waals surface area contributed by atoms with E-state index in [2.05, 4.69) is 4.98 Å². The highest BCUT2D eigenvalue weighted by atomic mass is 32.1. The SMILES string of the molecule is COc1ccc(C=Cc2nc3cc([N+](=O)[O-])ccc3s2)cc1. The minimum atomic E-state index is -0.411. The molecule has 0 aliphatic heterocycles. The first-order valence-corrected chi connectivity index (χ1v) is 7.34. The Morgan fingerprint density at radius 1 is 1.18 bits per heavy atom. The third-order valence-corrected chi connectivity index (χ3v) is 4.13. The number of thiazole rings is 1. The van der Waals surface area contributed by atoms with Crippen molar-refractivity contribution in [2.45, 2.75) is 0 Å². The van der Waals surface area contributed by atoms with Crippen LogP contribution in [0, 0.1) is 10.1 Å². The van der Waals surface area contributed by atoms with E-state index in [1.54, 1.807) is 13.2 Å². The van der Waals surface area contributed by atoms with Crippen molar-refractivity contribution in [1.29, 1.82) is 0 Å². The molecule has 0 amide bonds. The lowest BCUT2D eigenvalue weighted by molar-refractivity contribution is -0.384. The van der Waals surface area contributed by atoms with Gasteiger partial charge in [0.1, 0.15) is 10.8 Å². The largest absolute Gasteiger partial charge is 0.497 e. The highest BCUT2D eigenvalue weighted by molar-refractivity contribution is 7.19. The molecule has 22 heavy (non-hydrogen) atoms. The second-order valence-corrected chi connectivity index (χ2v) is 5.63. The molecule has 3 aromatic rings. The topological polar surface area (TPSA) is 65.3 Å². The smallest absolute Gasteiger partial charge is 0.271 e. The molecular weight excluding hydrogens is 300 g/mol. The molecule has 1 heterocycles. The third-order valence-electron chi connectivity index (χ3n) is 3.13. The molecule has 0 spiro atoms. The number of hydrogen-bond acceptors (Lipinski definition) is 5. The zero-order chi connectivity index (χ0) is 15.5. The number of benzene rings is 2. The third kappa shape index (κ3) is 2.96. The van der Waals surface area contributed by atoms with Crippen molar-refractivity contribution in [2.24, 2.45) is 0 Å². The second kappa shape index (κ2) is 5.95. The molecular formula is C16H12N2O3S. The van der Waals surface area contributed by atoms with Gasteiger partial charge in [-0.3, -0.25) is 10.1 Å². The normalized spacial score (nSPS) is 11.1. The molecule has 0 aliphatic carbocycles. The quantitative estimate of drug-likeness (QED) is 0.529. The highest BCUT2D eigenvalue weighted by Crippen LogP contribution is 2.27. The van der Waals surface area contributed by atoms with Crippen LogP contribution >= 0.6 is 11.3 Å². The van der Waals surface area contributed by atoms with Crippen molar-refractivity contribution in [3.8, 4) is 5.75 Å². The molecule has 0 radical (unpaired) electrons. The fraction of sp³-hybridized carbons (Fsp3) is 0.0625. The van der Waals surface area contributed by atoms with Crippen molar-refractivity contribution in [2.75, 3.05) is 7.11 Å². The number of non-ortho nitro benzene ring substituents is 1. The van der Waals surface area contributed by atoms with Gasteiger partial charge in [0.15, 0.2) is 0 Å². The van der Waals surface area contributed by atoms with Gasteiger partial charge >= 0.3 is 0 Å². The van der Waals surface area contributed by atoms with Crippen LogP contribution < -0.4 is 4.74 Å². The van der Waals surface area contributed by atoms with Gasteiger partial charge < -0.3 is 4.74 Å². The minimum absolute atomic E-state index is 0.0588. The molecule has 0 N–H and O–H groups in total. The van der Waals surface area contributed by atoms with Gasteiger partial charge in [-0.2, -0.15) is 0 Å². The van der Waals surface area contributed by atoms with Crippen LogP contribution in [0.15, 0.2) is 42.5 Å². The van der Waals surface area contributed by atoms with Crippen LogP contribution in [0.2, 0.25) is 0 Å². The Morgan fingerprint density at radius 2 is 1.95 bits per heavy atom. The van der Waals surface area contributed by atoms with Crippen LogP contribution in [0.1, 0.15) is 10.6 Å². The lowest BCUT2D eigenvalue weighted by atomic mass is 10.2. The number of aromatic nitrogens is 1. The number of fused-ring (bicyclic) bond motifs is 1. The summed E-state index contributed by atoms with van der Waals surface area (Å²) in [5, 5.41) is 11.6. The Labute approximate surface area is 130 Å². The Morgan fingerprint density at radius 3 is 2.64 bits per heavy atom. The van der Waals surface area contributed by atoms with Gasteiger partial charge in [0.25, 0.3) is 5.69 Å². The van der Waals surface area contributed by atoms with Gasteiger partial charge in [0.05, 0.1) is 22.2 Å². The van der Waals surface area contributed by atoms with Gasteiger partial charge in [0, 0.05) is 12.1 Å². The number of hydrogen-bond donors (Lipinski definition) is 0. The number of rotatable bonds is 4. The van der Waals surface area contributed by atoms with Crippen LogP contribution in [0.5, 0.6) is 5.75 Å². The number of nitrogens with zero attached hydrogens (tertiary/aromatic N) is 2. The van der Waals surface area contributed by atoms with E-state index >= 15 is 0 Å². The summed E-state index contributed by atoms with van der Waals surface area (Å²) in [6, 6.07) is 12.4. The van der Waals surface area contributed by atoms with E-state index < -0.39 is 4.92 Å². The van der Waals surface area contributed by atoms with Crippen molar-refractivity contribution >= 4 is 39.4 Å². The van der Waals surface area contributed by atoms with Crippen molar-refractivity contribution in [3.63, 3.8) is 0 Å². The second-order valence-electron chi connectivity index (χ2n) is 4.57. The maximum absolute atomic E-state index is 10.8. The number of methoxy groups -OCH3 is 1. The lowest BCUT2D eigenvalue weighted by Crippen LogP contribution is -1.86. The summed E-state index contributed by atoms with van der Waals surface area (Å²) in [7, 11) is 1.63. The molecule has 0 aliphatic rings.